The summed E-state index contributed by atoms with van der Waals surface area (Å²) < 4.78 is 0. The smallest absolute Gasteiger partial charge is 0.0483 e. The van der Waals surface area contributed by atoms with Gasteiger partial charge in [0.05, 0.1) is 0 Å². The highest BCUT2D eigenvalue weighted by atomic mass is 15.1. The molecule has 0 atom stereocenters. The van der Waals surface area contributed by atoms with Gasteiger partial charge in [-0.3, -0.25) is 0 Å². The highest BCUT2D eigenvalue weighted by molar-refractivity contribution is 5.60. The van der Waals surface area contributed by atoms with Crippen LogP contribution in [0.15, 0.2) is 43.8 Å². The average molecular weight is 201 g/mol. The van der Waals surface area contributed by atoms with Crippen molar-refractivity contribution in [1.82, 2.24) is 0 Å². The molecule has 0 aliphatic heterocycles. The summed E-state index contributed by atoms with van der Waals surface area (Å²) >= 11 is 0. The first-order valence-electron chi connectivity index (χ1n) is 5.42. The van der Waals surface area contributed by atoms with E-state index < -0.39 is 0 Å². The lowest BCUT2D eigenvalue weighted by Gasteiger charge is -2.20. The number of benzene rings is 1. The molecule has 1 rings (SSSR count). The molecule has 0 aromatic heterocycles. The van der Waals surface area contributed by atoms with E-state index in [4.69, 9.17) is 0 Å². The number of anilines is 1. The van der Waals surface area contributed by atoms with Gasteiger partial charge in [0.15, 0.2) is 0 Å². The topological polar surface area (TPSA) is 3.24 Å². The molecule has 15 heavy (non-hydrogen) atoms. The summed E-state index contributed by atoms with van der Waals surface area (Å²) in [4.78, 5) is 1.97. The van der Waals surface area contributed by atoms with E-state index in [0.29, 0.717) is 0 Å². The first kappa shape index (κ1) is 11.6. The van der Waals surface area contributed by atoms with Gasteiger partial charge in [-0.1, -0.05) is 39.1 Å². The molecule has 0 aliphatic rings. The van der Waals surface area contributed by atoms with Gasteiger partial charge < -0.3 is 4.90 Å². The minimum atomic E-state index is 1.04. The van der Waals surface area contributed by atoms with Crippen LogP contribution < -0.4 is 4.90 Å². The van der Waals surface area contributed by atoms with Crippen LogP contribution in [0.25, 0.3) is 0 Å². The highest BCUT2D eigenvalue weighted by Gasteiger charge is 2.07. The number of nitrogens with zero attached hydrogens (tertiary/aromatic N) is 1. The Morgan fingerprint density at radius 1 is 1.13 bits per heavy atom. The zero-order chi connectivity index (χ0) is 11.3. The van der Waals surface area contributed by atoms with Crippen LogP contribution in [0.1, 0.15) is 25.0 Å². The molecule has 0 saturated heterocycles. The van der Waals surface area contributed by atoms with Crippen molar-refractivity contribution in [3.63, 3.8) is 0 Å². The van der Waals surface area contributed by atoms with E-state index in [2.05, 4.69) is 45.2 Å². The van der Waals surface area contributed by atoms with Crippen molar-refractivity contribution in [1.29, 1.82) is 0 Å². The third-order valence-corrected chi connectivity index (χ3v) is 2.65. The first-order chi connectivity index (χ1) is 7.28. The Kier molecular flexibility index (Phi) is 4.17. The fourth-order valence-corrected chi connectivity index (χ4v) is 1.87. The van der Waals surface area contributed by atoms with Gasteiger partial charge in [-0.2, -0.15) is 0 Å². The lowest BCUT2D eigenvalue weighted by Crippen LogP contribution is -2.09. The molecule has 1 heteroatoms. The molecular weight excluding hydrogens is 182 g/mol. The zero-order valence-corrected chi connectivity index (χ0v) is 9.66. The molecule has 1 aromatic rings. The second-order valence-corrected chi connectivity index (χ2v) is 3.39. The largest absolute Gasteiger partial charge is 0.325 e. The summed E-state index contributed by atoms with van der Waals surface area (Å²) in [6, 6.07) is 6.39. The van der Waals surface area contributed by atoms with Gasteiger partial charge in [-0.05, 0) is 30.0 Å². The third-order valence-electron chi connectivity index (χ3n) is 2.65. The van der Waals surface area contributed by atoms with E-state index in [-0.39, 0.29) is 0 Å². The molecule has 0 N–H and O–H groups in total. The maximum atomic E-state index is 3.79. The van der Waals surface area contributed by atoms with Crippen LogP contribution in [0.4, 0.5) is 5.69 Å². The standard InChI is InChI=1S/C14H19N/c1-5-12-10-9-11-14(13(12)6-2)15(7-3)8-4/h7-11H,3-6H2,1-2H3. The summed E-state index contributed by atoms with van der Waals surface area (Å²) in [7, 11) is 0. The second kappa shape index (κ2) is 5.40. The van der Waals surface area contributed by atoms with Gasteiger partial charge in [0.1, 0.15) is 0 Å². The minimum Gasteiger partial charge on any atom is -0.325 e. The van der Waals surface area contributed by atoms with E-state index in [1.807, 2.05) is 4.90 Å². The number of rotatable bonds is 5. The Bertz CT molecular complexity index is 344. The van der Waals surface area contributed by atoms with Crippen LogP contribution in [0, 0.1) is 0 Å². The molecule has 1 aromatic carbocycles. The Balaban J connectivity index is 3.27. The normalized spacial score (nSPS) is 9.73. The monoisotopic (exact) mass is 201 g/mol. The van der Waals surface area contributed by atoms with Crippen LogP contribution in [-0.4, -0.2) is 0 Å². The maximum absolute atomic E-state index is 3.79. The van der Waals surface area contributed by atoms with Gasteiger partial charge in [0, 0.05) is 18.1 Å². The average Bonchev–Trinajstić information content (AvgIpc) is 2.30. The first-order valence-corrected chi connectivity index (χ1v) is 5.42. The van der Waals surface area contributed by atoms with E-state index in [1.165, 1.54) is 16.8 Å². The molecular formula is C14H19N. The van der Waals surface area contributed by atoms with Crippen LogP contribution >= 0.6 is 0 Å². The Morgan fingerprint density at radius 3 is 2.27 bits per heavy atom. The van der Waals surface area contributed by atoms with Crippen LogP contribution in [0.2, 0.25) is 0 Å². The quantitative estimate of drug-likeness (QED) is 0.698. The predicted octanol–water partition coefficient (Wildman–Crippen LogP) is 3.90. The zero-order valence-electron chi connectivity index (χ0n) is 9.66. The van der Waals surface area contributed by atoms with Gasteiger partial charge in [0.25, 0.3) is 0 Å². The number of aryl methyl sites for hydroxylation is 1. The fourth-order valence-electron chi connectivity index (χ4n) is 1.87. The molecule has 0 radical (unpaired) electrons. The van der Waals surface area contributed by atoms with Crippen molar-refractivity contribution >= 4 is 5.69 Å². The summed E-state index contributed by atoms with van der Waals surface area (Å²) in [6.45, 7) is 12.0. The molecule has 80 valence electrons. The summed E-state index contributed by atoms with van der Waals surface area (Å²) in [5.41, 5.74) is 3.99. The second-order valence-electron chi connectivity index (χ2n) is 3.39. The molecule has 0 spiro atoms. The van der Waals surface area contributed by atoms with Crippen LogP contribution in [-0.2, 0) is 12.8 Å². The Labute approximate surface area is 92.7 Å². The van der Waals surface area contributed by atoms with Crippen molar-refractivity contribution in [3.05, 3.63) is 54.9 Å². The van der Waals surface area contributed by atoms with E-state index >= 15 is 0 Å². The molecule has 0 aliphatic carbocycles. The van der Waals surface area contributed by atoms with Crippen molar-refractivity contribution in [2.75, 3.05) is 4.90 Å². The number of hydrogen-bond acceptors (Lipinski definition) is 1. The minimum absolute atomic E-state index is 1.04. The van der Waals surface area contributed by atoms with Crippen LogP contribution in [0.5, 0.6) is 0 Å². The lowest BCUT2D eigenvalue weighted by molar-refractivity contribution is 1.03. The Morgan fingerprint density at radius 2 is 1.80 bits per heavy atom. The third kappa shape index (κ3) is 2.30. The lowest BCUT2D eigenvalue weighted by atomic mass is 10.0. The van der Waals surface area contributed by atoms with Gasteiger partial charge in [0.2, 0.25) is 0 Å². The molecule has 0 saturated carbocycles. The summed E-state index contributed by atoms with van der Waals surface area (Å²) in [6.07, 6.45) is 5.69. The number of hydrogen-bond donors (Lipinski definition) is 0. The van der Waals surface area contributed by atoms with Gasteiger partial charge >= 0.3 is 0 Å². The SMILES string of the molecule is C=CN(C=C)c1cccc(CC)c1CC. The summed E-state index contributed by atoms with van der Waals surface area (Å²) in [5.74, 6) is 0. The molecule has 1 nitrogen and oxygen atoms in total. The van der Waals surface area contributed by atoms with Crippen molar-refractivity contribution < 1.29 is 0 Å². The molecule has 0 fully saturated rings. The highest BCUT2D eigenvalue weighted by Crippen LogP contribution is 2.25. The predicted molar refractivity (Wildman–Crippen MR) is 68.1 cm³/mol. The van der Waals surface area contributed by atoms with Crippen molar-refractivity contribution in [2.24, 2.45) is 0 Å². The van der Waals surface area contributed by atoms with E-state index in [1.54, 1.807) is 12.4 Å². The molecule has 0 bridgehead atoms. The molecule has 0 heterocycles. The van der Waals surface area contributed by atoms with Gasteiger partial charge in [-0.15, -0.1) is 0 Å². The van der Waals surface area contributed by atoms with Crippen LogP contribution in [0.3, 0.4) is 0 Å². The van der Waals surface area contributed by atoms with E-state index in [0.717, 1.165) is 12.8 Å². The van der Waals surface area contributed by atoms with Gasteiger partial charge in [-0.25, -0.2) is 0 Å². The fraction of sp³-hybridized carbons (Fsp3) is 0.286. The maximum Gasteiger partial charge on any atom is 0.0483 e. The Hall–Kier alpha value is -1.50. The van der Waals surface area contributed by atoms with Crippen molar-refractivity contribution in [2.45, 2.75) is 26.7 Å². The van der Waals surface area contributed by atoms with E-state index in [9.17, 15) is 0 Å². The van der Waals surface area contributed by atoms with Crippen molar-refractivity contribution in [3.8, 4) is 0 Å². The molecule has 0 unspecified atom stereocenters. The summed E-state index contributed by atoms with van der Waals surface area (Å²) in [5, 5.41) is 0. The molecule has 0 amide bonds.